The van der Waals surface area contributed by atoms with E-state index in [1.807, 2.05) is 13.8 Å². The molecule has 0 spiro atoms. The first-order valence-corrected chi connectivity index (χ1v) is 6.19. The number of furan rings is 1. The molecule has 1 aromatic heterocycles. The van der Waals surface area contributed by atoms with Crippen LogP contribution < -0.4 is 10.6 Å². The van der Waals surface area contributed by atoms with Gasteiger partial charge in [-0.25, -0.2) is 0 Å². The van der Waals surface area contributed by atoms with Gasteiger partial charge in [-0.15, -0.1) is 0 Å². The van der Waals surface area contributed by atoms with Crippen molar-refractivity contribution in [2.45, 2.75) is 33.2 Å². The van der Waals surface area contributed by atoms with E-state index < -0.39 is 0 Å². The van der Waals surface area contributed by atoms with Crippen LogP contribution >= 0.6 is 0 Å². The summed E-state index contributed by atoms with van der Waals surface area (Å²) >= 11 is 0. The number of aryl methyl sites for hydroxylation is 2. The van der Waals surface area contributed by atoms with Gasteiger partial charge >= 0.3 is 0 Å². The Hall–Kier alpha value is -1.45. The van der Waals surface area contributed by atoms with E-state index in [0.717, 1.165) is 36.5 Å². The van der Waals surface area contributed by atoms with E-state index in [-0.39, 0.29) is 0 Å². The fourth-order valence-corrected chi connectivity index (χ4v) is 1.82. The smallest absolute Gasteiger partial charge is 0.191 e. The van der Waals surface area contributed by atoms with Crippen molar-refractivity contribution in [2.24, 2.45) is 10.9 Å². The van der Waals surface area contributed by atoms with E-state index in [2.05, 4.69) is 21.7 Å². The van der Waals surface area contributed by atoms with Gasteiger partial charge in [-0.05, 0) is 38.7 Å². The third kappa shape index (κ3) is 3.51. The second-order valence-corrected chi connectivity index (χ2v) is 4.69. The lowest BCUT2D eigenvalue weighted by molar-refractivity contribution is 0.500. The zero-order valence-corrected chi connectivity index (χ0v) is 10.8. The molecule has 4 heteroatoms. The van der Waals surface area contributed by atoms with Crippen molar-refractivity contribution in [3.8, 4) is 0 Å². The quantitative estimate of drug-likeness (QED) is 0.619. The minimum atomic E-state index is 0.757. The average Bonchev–Trinajstić information content (AvgIpc) is 3.06. The van der Waals surface area contributed by atoms with Crippen LogP contribution in [0.2, 0.25) is 0 Å². The summed E-state index contributed by atoms with van der Waals surface area (Å²) in [6.45, 7) is 5.75. The standard InChI is InChI=1S/C13H21N3O/c1-9-6-12(10(2)17-9)8-16-13(14-3)15-7-11-4-5-11/h6,11H,4-5,7-8H2,1-3H3,(H2,14,15,16). The molecule has 1 fully saturated rings. The van der Waals surface area contributed by atoms with E-state index in [9.17, 15) is 0 Å². The molecule has 1 aliphatic carbocycles. The zero-order valence-electron chi connectivity index (χ0n) is 10.8. The molecule has 0 aromatic carbocycles. The number of nitrogens with one attached hydrogen (secondary N) is 2. The summed E-state index contributed by atoms with van der Waals surface area (Å²) in [6, 6.07) is 2.07. The van der Waals surface area contributed by atoms with Crippen LogP contribution in [0.3, 0.4) is 0 Å². The Morgan fingerprint density at radius 2 is 2.18 bits per heavy atom. The summed E-state index contributed by atoms with van der Waals surface area (Å²) in [6.07, 6.45) is 2.70. The lowest BCUT2D eigenvalue weighted by Gasteiger charge is -2.10. The second kappa shape index (κ2) is 5.25. The van der Waals surface area contributed by atoms with Crippen molar-refractivity contribution in [1.29, 1.82) is 0 Å². The number of rotatable bonds is 4. The molecule has 17 heavy (non-hydrogen) atoms. The summed E-state index contributed by atoms with van der Waals surface area (Å²) in [5, 5.41) is 6.64. The van der Waals surface area contributed by atoms with Crippen molar-refractivity contribution in [3.05, 3.63) is 23.2 Å². The van der Waals surface area contributed by atoms with Gasteiger partial charge in [-0.1, -0.05) is 0 Å². The number of hydrogen-bond acceptors (Lipinski definition) is 2. The lowest BCUT2D eigenvalue weighted by Crippen LogP contribution is -2.37. The highest BCUT2D eigenvalue weighted by Crippen LogP contribution is 2.27. The molecule has 0 amide bonds. The maximum absolute atomic E-state index is 5.49. The van der Waals surface area contributed by atoms with Crippen molar-refractivity contribution < 1.29 is 4.42 Å². The minimum absolute atomic E-state index is 0.757. The van der Waals surface area contributed by atoms with Crippen LogP contribution in [0.15, 0.2) is 15.5 Å². The first-order chi connectivity index (χ1) is 8.19. The third-order valence-corrected chi connectivity index (χ3v) is 3.07. The minimum Gasteiger partial charge on any atom is -0.466 e. The van der Waals surface area contributed by atoms with E-state index >= 15 is 0 Å². The Balaban J connectivity index is 1.80. The van der Waals surface area contributed by atoms with Crippen LogP contribution in [-0.2, 0) is 6.54 Å². The molecule has 0 unspecified atom stereocenters. The van der Waals surface area contributed by atoms with Crippen LogP contribution in [0.4, 0.5) is 0 Å². The highest BCUT2D eigenvalue weighted by Gasteiger charge is 2.21. The molecule has 4 nitrogen and oxygen atoms in total. The van der Waals surface area contributed by atoms with Gasteiger partial charge in [0.1, 0.15) is 11.5 Å². The third-order valence-electron chi connectivity index (χ3n) is 3.07. The molecule has 1 saturated carbocycles. The Bertz CT molecular complexity index is 405. The molecule has 0 saturated heterocycles. The number of aliphatic imine (C=N–C) groups is 1. The molecule has 2 N–H and O–H groups in total. The summed E-state index contributed by atoms with van der Waals surface area (Å²) < 4.78 is 5.49. The van der Waals surface area contributed by atoms with Crippen LogP contribution in [0, 0.1) is 19.8 Å². The molecule has 0 bridgehead atoms. The van der Waals surface area contributed by atoms with Crippen molar-refractivity contribution in [1.82, 2.24) is 10.6 Å². The van der Waals surface area contributed by atoms with Gasteiger partial charge in [0.05, 0.1) is 0 Å². The van der Waals surface area contributed by atoms with E-state index in [0.29, 0.717) is 0 Å². The first kappa shape index (κ1) is 12.0. The molecule has 1 aliphatic rings. The van der Waals surface area contributed by atoms with Crippen molar-refractivity contribution >= 4 is 5.96 Å². The van der Waals surface area contributed by atoms with Crippen molar-refractivity contribution in [2.75, 3.05) is 13.6 Å². The topological polar surface area (TPSA) is 49.6 Å². The molecule has 2 rings (SSSR count). The van der Waals surface area contributed by atoms with Gasteiger partial charge in [0.25, 0.3) is 0 Å². The van der Waals surface area contributed by atoms with Gasteiger partial charge in [-0.3, -0.25) is 4.99 Å². The van der Waals surface area contributed by atoms with Gasteiger partial charge in [0.15, 0.2) is 5.96 Å². The predicted octanol–water partition coefficient (Wildman–Crippen LogP) is 1.97. The van der Waals surface area contributed by atoms with E-state index in [1.165, 1.54) is 18.4 Å². The Kier molecular flexibility index (Phi) is 3.71. The Morgan fingerprint density at radius 1 is 1.41 bits per heavy atom. The summed E-state index contributed by atoms with van der Waals surface area (Å²) in [5.41, 5.74) is 1.19. The van der Waals surface area contributed by atoms with Gasteiger partial charge < -0.3 is 15.1 Å². The van der Waals surface area contributed by atoms with E-state index in [1.54, 1.807) is 7.05 Å². The fourth-order valence-electron chi connectivity index (χ4n) is 1.82. The highest BCUT2D eigenvalue weighted by molar-refractivity contribution is 5.79. The molecule has 0 aliphatic heterocycles. The molecule has 1 heterocycles. The Morgan fingerprint density at radius 3 is 2.71 bits per heavy atom. The first-order valence-electron chi connectivity index (χ1n) is 6.19. The summed E-state index contributed by atoms with van der Waals surface area (Å²) in [7, 11) is 1.80. The Labute approximate surface area is 102 Å². The number of nitrogens with zero attached hydrogens (tertiary/aromatic N) is 1. The molecular formula is C13H21N3O. The maximum Gasteiger partial charge on any atom is 0.191 e. The predicted molar refractivity (Wildman–Crippen MR) is 69.1 cm³/mol. The molecule has 0 radical (unpaired) electrons. The molecule has 1 aromatic rings. The SMILES string of the molecule is CN=C(NCc1cc(C)oc1C)NCC1CC1. The van der Waals surface area contributed by atoms with Crippen LogP contribution in [0.5, 0.6) is 0 Å². The molecule has 94 valence electrons. The van der Waals surface area contributed by atoms with Gasteiger partial charge in [-0.2, -0.15) is 0 Å². The van der Waals surface area contributed by atoms with Gasteiger partial charge in [0, 0.05) is 25.7 Å². The average molecular weight is 235 g/mol. The van der Waals surface area contributed by atoms with Gasteiger partial charge in [0.2, 0.25) is 0 Å². The number of hydrogen-bond donors (Lipinski definition) is 2. The fraction of sp³-hybridized carbons (Fsp3) is 0.615. The van der Waals surface area contributed by atoms with E-state index in [4.69, 9.17) is 4.42 Å². The van der Waals surface area contributed by atoms with Crippen LogP contribution in [0.25, 0.3) is 0 Å². The molecule has 0 atom stereocenters. The number of guanidine groups is 1. The highest BCUT2D eigenvalue weighted by atomic mass is 16.3. The second-order valence-electron chi connectivity index (χ2n) is 4.69. The summed E-state index contributed by atoms with van der Waals surface area (Å²) in [5.74, 6) is 3.66. The normalized spacial score (nSPS) is 16.1. The van der Waals surface area contributed by atoms with Crippen LogP contribution in [0.1, 0.15) is 29.9 Å². The monoisotopic (exact) mass is 235 g/mol. The lowest BCUT2D eigenvalue weighted by atomic mass is 10.2. The van der Waals surface area contributed by atoms with Crippen LogP contribution in [-0.4, -0.2) is 19.6 Å². The summed E-state index contributed by atoms with van der Waals surface area (Å²) in [4.78, 5) is 4.20. The van der Waals surface area contributed by atoms with Crippen molar-refractivity contribution in [3.63, 3.8) is 0 Å². The molecular weight excluding hydrogens is 214 g/mol. The largest absolute Gasteiger partial charge is 0.466 e. The zero-order chi connectivity index (χ0) is 12.3. The maximum atomic E-state index is 5.49.